The van der Waals surface area contributed by atoms with Crippen LogP contribution in [0.3, 0.4) is 0 Å². The Balaban J connectivity index is 2.25. The number of carbonyl (C=O) groups is 2. The van der Waals surface area contributed by atoms with Crippen LogP contribution in [0.4, 0.5) is 17.1 Å². The van der Waals surface area contributed by atoms with E-state index in [9.17, 15) is 9.59 Å². The number of carbonyl (C=O) groups excluding carboxylic acids is 1. The fraction of sp³-hybridized carbons (Fsp3) is 0. The molecule has 6 N–H and O–H groups in total. The summed E-state index contributed by atoms with van der Waals surface area (Å²) in [4.78, 5) is 23.0. The standard InChI is InChI=1S/C14H12ClN3O3/c15-10-3-1-7(5-12(10)17)13(19)18-8-2-4-11(16)9(6-8)14(20)21/h1-6H,16-17H2,(H,18,19)(H,20,21). The fourth-order valence-electron chi connectivity index (χ4n) is 1.71. The number of nitrogens with one attached hydrogen (secondary N) is 1. The third kappa shape index (κ3) is 3.24. The molecular weight excluding hydrogens is 294 g/mol. The molecule has 0 fully saturated rings. The number of hydrogen-bond acceptors (Lipinski definition) is 4. The van der Waals surface area contributed by atoms with Crippen molar-refractivity contribution in [3.05, 3.63) is 52.5 Å². The number of carboxylic acid groups (broad SMARTS) is 1. The summed E-state index contributed by atoms with van der Waals surface area (Å²) in [5.41, 5.74) is 12.1. The molecule has 2 aromatic carbocycles. The van der Waals surface area contributed by atoms with Crippen molar-refractivity contribution in [3.63, 3.8) is 0 Å². The van der Waals surface area contributed by atoms with Gasteiger partial charge in [-0.25, -0.2) is 4.79 Å². The molecule has 0 radical (unpaired) electrons. The zero-order chi connectivity index (χ0) is 15.6. The van der Waals surface area contributed by atoms with Gasteiger partial charge in [-0.15, -0.1) is 0 Å². The first-order valence-corrected chi connectivity index (χ1v) is 6.25. The summed E-state index contributed by atoms with van der Waals surface area (Å²) >= 11 is 5.78. The van der Waals surface area contributed by atoms with Crippen LogP contribution in [-0.4, -0.2) is 17.0 Å². The van der Waals surface area contributed by atoms with E-state index in [1.165, 1.54) is 36.4 Å². The van der Waals surface area contributed by atoms with E-state index in [0.717, 1.165) is 0 Å². The van der Waals surface area contributed by atoms with Gasteiger partial charge in [-0.05, 0) is 36.4 Å². The Morgan fingerprint density at radius 2 is 1.76 bits per heavy atom. The Morgan fingerprint density at radius 3 is 2.38 bits per heavy atom. The second kappa shape index (κ2) is 5.72. The van der Waals surface area contributed by atoms with Crippen molar-refractivity contribution in [2.75, 3.05) is 16.8 Å². The number of aromatic carboxylic acids is 1. The van der Waals surface area contributed by atoms with Gasteiger partial charge >= 0.3 is 5.97 Å². The van der Waals surface area contributed by atoms with E-state index in [0.29, 0.717) is 16.3 Å². The lowest BCUT2D eigenvalue weighted by atomic mass is 10.1. The lowest BCUT2D eigenvalue weighted by molar-refractivity contribution is 0.0697. The number of anilines is 3. The summed E-state index contributed by atoms with van der Waals surface area (Å²) in [6.07, 6.45) is 0. The number of halogens is 1. The molecule has 0 aliphatic carbocycles. The molecule has 21 heavy (non-hydrogen) atoms. The quantitative estimate of drug-likeness (QED) is 0.649. The molecule has 0 aliphatic rings. The Hall–Kier alpha value is -2.73. The summed E-state index contributed by atoms with van der Waals surface area (Å²) in [5, 5.41) is 11.9. The van der Waals surface area contributed by atoms with Gasteiger partial charge in [0.05, 0.1) is 16.3 Å². The van der Waals surface area contributed by atoms with E-state index >= 15 is 0 Å². The monoisotopic (exact) mass is 305 g/mol. The minimum absolute atomic E-state index is 0.0802. The smallest absolute Gasteiger partial charge is 0.337 e. The van der Waals surface area contributed by atoms with Crippen molar-refractivity contribution in [1.29, 1.82) is 0 Å². The van der Waals surface area contributed by atoms with Gasteiger partial charge in [0.25, 0.3) is 5.91 Å². The van der Waals surface area contributed by atoms with E-state index < -0.39 is 11.9 Å². The second-order valence-electron chi connectivity index (χ2n) is 4.30. The zero-order valence-corrected chi connectivity index (χ0v) is 11.5. The lowest BCUT2D eigenvalue weighted by Gasteiger charge is -2.08. The molecule has 2 rings (SSSR count). The molecule has 1 amide bonds. The molecule has 0 heterocycles. The summed E-state index contributed by atoms with van der Waals surface area (Å²) in [6, 6.07) is 8.68. The predicted octanol–water partition coefficient (Wildman–Crippen LogP) is 2.45. The largest absolute Gasteiger partial charge is 0.478 e. The minimum atomic E-state index is -1.17. The van der Waals surface area contributed by atoms with Crippen molar-refractivity contribution in [2.45, 2.75) is 0 Å². The molecule has 0 bridgehead atoms. The summed E-state index contributed by atoms with van der Waals surface area (Å²) < 4.78 is 0. The van der Waals surface area contributed by atoms with Crippen molar-refractivity contribution < 1.29 is 14.7 Å². The molecule has 0 aromatic heterocycles. The Kier molecular flexibility index (Phi) is 4.00. The Bertz CT molecular complexity index is 731. The topological polar surface area (TPSA) is 118 Å². The van der Waals surface area contributed by atoms with Crippen LogP contribution in [0.25, 0.3) is 0 Å². The molecular formula is C14H12ClN3O3. The molecule has 0 aliphatic heterocycles. The maximum Gasteiger partial charge on any atom is 0.337 e. The first-order chi connectivity index (χ1) is 9.88. The van der Waals surface area contributed by atoms with E-state index in [1.807, 2.05) is 0 Å². The van der Waals surface area contributed by atoms with Crippen molar-refractivity contribution in [2.24, 2.45) is 0 Å². The van der Waals surface area contributed by atoms with Crippen molar-refractivity contribution in [1.82, 2.24) is 0 Å². The van der Waals surface area contributed by atoms with E-state index in [-0.39, 0.29) is 16.9 Å². The molecule has 7 heteroatoms. The number of nitrogen functional groups attached to an aromatic ring is 2. The highest BCUT2D eigenvalue weighted by atomic mass is 35.5. The highest BCUT2D eigenvalue weighted by molar-refractivity contribution is 6.33. The maximum atomic E-state index is 12.1. The van der Waals surface area contributed by atoms with Crippen LogP contribution in [-0.2, 0) is 0 Å². The third-order valence-corrected chi connectivity index (χ3v) is 3.14. The number of rotatable bonds is 3. The van der Waals surface area contributed by atoms with Gasteiger partial charge < -0.3 is 21.9 Å². The van der Waals surface area contributed by atoms with Gasteiger partial charge in [0.1, 0.15) is 0 Å². The normalized spacial score (nSPS) is 10.1. The second-order valence-corrected chi connectivity index (χ2v) is 4.70. The number of nitrogens with two attached hydrogens (primary N) is 2. The fourth-order valence-corrected chi connectivity index (χ4v) is 1.83. The van der Waals surface area contributed by atoms with Crippen LogP contribution in [0.15, 0.2) is 36.4 Å². The number of amides is 1. The molecule has 108 valence electrons. The van der Waals surface area contributed by atoms with Crippen LogP contribution in [0, 0.1) is 0 Å². The number of carboxylic acids is 1. The van der Waals surface area contributed by atoms with Gasteiger partial charge in [0.15, 0.2) is 0 Å². The molecule has 0 atom stereocenters. The highest BCUT2D eigenvalue weighted by Gasteiger charge is 2.12. The van der Waals surface area contributed by atoms with Gasteiger partial charge in [0, 0.05) is 16.9 Å². The number of hydrogen-bond donors (Lipinski definition) is 4. The van der Waals surface area contributed by atoms with Gasteiger partial charge in [-0.1, -0.05) is 11.6 Å². The molecule has 0 spiro atoms. The summed E-state index contributed by atoms with van der Waals surface area (Å²) in [7, 11) is 0. The summed E-state index contributed by atoms with van der Waals surface area (Å²) in [6.45, 7) is 0. The van der Waals surface area contributed by atoms with E-state index in [2.05, 4.69) is 5.32 Å². The minimum Gasteiger partial charge on any atom is -0.478 e. The predicted molar refractivity (Wildman–Crippen MR) is 81.6 cm³/mol. The SMILES string of the molecule is Nc1cc(C(=O)Nc2ccc(N)c(C(=O)O)c2)ccc1Cl. The van der Waals surface area contributed by atoms with Crippen LogP contribution in [0.1, 0.15) is 20.7 Å². The van der Waals surface area contributed by atoms with Crippen molar-refractivity contribution in [3.8, 4) is 0 Å². The van der Waals surface area contributed by atoms with E-state index in [4.69, 9.17) is 28.2 Å². The molecule has 0 saturated heterocycles. The highest BCUT2D eigenvalue weighted by Crippen LogP contribution is 2.21. The third-order valence-electron chi connectivity index (χ3n) is 2.80. The lowest BCUT2D eigenvalue weighted by Crippen LogP contribution is -2.13. The summed E-state index contributed by atoms with van der Waals surface area (Å²) in [5.74, 6) is -1.60. The van der Waals surface area contributed by atoms with Gasteiger partial charge in [-0.3, -0.25) is 4.79 Å². The van der Waals surface area contributed by atoms with Gasteiger partial charge in [-0.2, -0.15) is 0 Å². The Morgan fingerprint density at radius 1 is 1.05 bits per heavy atom. The number of benzene rings is 2. The first kappa shape index (κ1) is 14.7. The molecule has 6 nitrogen and oxygen atoms in total. The molecule has 0 saturated carbocycles. The first-order valence-electron chi connectivity index (χ1n) is 5.87. The average molecular weight is 306 g/mol. The van der Waals surface area contributed by atoms with Crippen LogP contribution < -0.4 is 16.8 Å². The van der Waals surface area contributed by atoms with Gasteiger partial charge in [0.2, 0.25) is 0 Å². The molecule has 0 unspecified atom stereocenters. The maximum absolute atomic E-state index is 12.1. The van der Waals surface area contributed by atoms with Crippen LogP contribution >= 0.6 is 11.6 Å². The zero-order valence-electron chi connectivity index (χ0n) is 10.8. The van der Waals surface area contributed by atoms with Crippen LogP contribution in [0.5, 0.6) is 0 Å². The van der Waals surface area contributed by atoms with Crippen LogP contribution in [0.2, 0.25) is 5.02 Å². The van der Waals surface area contributed by atoms with E-state index in [1.54, 1.807) is 0 Å². The molecule has 2 aromatic rings. The average Bonchev–Trinajstić information content (AvgIpc) is 2.43. The Labute approximate surface area is 125 Å². The van der Waals surface area contributed by atoms with Crippen molar-refractivity contribution >= 4 is 40.5 Å².